The zero-order valence-corrected chi connectivity index (χ0v) is 19.8. The number of carbonyl (C=O) groups is 1. The Bertz CT molecular complexity index is 1600. The van der Waals surface area contributed by atoms with E-state index in [1.807, 2.05) is 74.8 Å². The third-order valence-corrected chi connectivity index (χ3v) is 5.99. The van der Waals surface area contributed by atoms with Crippen molar-refractivity contribution in [2.45, 2.75) is 26.4 Å². The third-order valence-electron chi connectivity index (χ3n) is 5.99. The molecule has 1 aliphatic heterocycles. The molecule has 0 bridgehead atoms. The molecule has 0 fully saturated rings. The highest BCUT2D eigenvalue weighted by Gasteiger charge is 2.25. The van der Waals surface area contributed by atoms with Crippen molar-refractivity contribution in [1.29, 1.82) is 0 Å². The fourth-order valence-corrected chi connectivity index (χ4v) is 4.23. The van der Waals surface area contributed by atoms with Crippen molar-refractivity contribution in [3.8, 4) is 22.5 Å². The lowest BCUT2D eigenvalue weighted by Gasteiger charge is -2.09. The monoisotopic (exact) mass is 478 g/mol. The molecule has 178 valence electrons. The first-order chi connectivity index (χ1) is 17.5. The minimum absolute atomic E-state index is 0.0769. The van der Waals surface area contributed by atoms with Gasteiger partial charge in [0.05, 0.1) is 18.5 Å². The number of aromatic amines is 1. The molecular formula is C27H24N7O2+. The number of urea groups is 1. The van der Waals surface area contributed by atoms with Crippen LogP contribution in [-0.4, -0.2) is 43.0 Å². The van der Waals surface area contributed by atoms with Crippen molar-refractivity contribution in [3.63, 3.8) is 0 Å². The molecule has 2 aromatic carbocycles. The van der Waals surface area contributed by atoms with Crippen LogP contribution in [0.5, 0.6) is 0 Å². The Balaban J connectivity index is 1.29. The van der Waals surface area contributed by atoms with Crippen molar-refractivity contribution in [1.82, 2.24) is 25.5 Å². The van der Waals surface area contributed by atoms with Gasteiger partial charge in [-0.2, -0.15) is 14.5 Å². The van der Waals surface area contributed by atoms with Gasteiger partial charge in [0, 0.05) is 40.2 Å². The molecule has 9 heteroatoms. The zero-order valence-electron chi connectivity index (χ0n) is 19.8. The van der Waals surface area contributed by atoms with Gasteiger partial charge in [-0.05, 0) is 37.6 Å². The Morgan fingerprint density at radius 3 is 2.67 bits per heavy atom. The first kappa shape index (κ1) is 21.7. The van der Waals surface area contributed by atoms with Gasteiger partial charge >= 0.3 is 6.03 Å². The number of amides is 2. The zero-order chi connectivity index (χ0) is 24.6. The van der Waals surface area contributed by atoms with Gasteiger partial charge in [0.25, 0.3) is 0 Å². The van der Waals surface area contributed by atoms with Gasteiger partial charge in [-0.25, -0.2) is 15.3 Å². The summed E-state index contributed by atoms with van der Waals surface area (Å²) in [6.45, 7) is 4.40. The summed E-state index contributed by atoms with van der Waals surface area (Å²) in [5, 5.41) is 13.1. The number of aromatic nitrogens is 4. The molecule has 9 nitrogen and oxygen atoms in total. The third kappa shape index (κ3) is 4.11. The molecule has 0 saturated carbocycles. The highest BCUT2D eigenvalue weighted by atomic mass is 16.3. The van der Waals surface area contributed by atoms with Crippen molar-refractivity contribution in [2.75, 3.05) is 5.32 Å². The second-order valence-electron chi connectivity index (χ2n) is 8.99. The number of hydrogen-bond donors (Lipinski definition) is 3. The number of furan rings is 1. The number of nitrogens with one attached hydrogen (secondary N) is 3. The molecule has 0 saturated heterocycles. The molecule has 0 spiro atoms. The highest BCUT2D eigenvalue weighted by molar-refractivity contribution is 5.89. The van der Waals surface area contributed by atoms with E-state index in [2.05, 4.69) is 20.8 Å². The van der Waals surface area contributed by atoms with Gasteiger partial charge in [-0.1, -0.05) is 24.3 Å². The van der Waals surface area contributed by atoms with Crippen LogP contribution in [0.3, 0.4) is 0 Å². The average molecular weight is 479 g/mol. The number of rotatable bonds is 5. The lowest BCUT2D eigenvalue weighted by molar-refractivity contribution is -0.436. The summed E-state index contributed by atoms with van der Waals surface area (Å²) in [5.41, 5.74) is 7.19. The summed E-state index contributed by atoms with van der Waals surface area (Å²) in [4.78, 5) is 21.9. The minimum atomic E-state index is -0.107. The molecule has 36 heavy (non-hydrogen) atoms. The summed E-state index contributed by atoms with van der Waals surface area (Å²) in [6, 6.07) is 15.8. The van der Waals surface area contributed by atoms with Gasteiger partial charge < -0.3 is 9.73 Å². The van der Waals surface area contributed by atoms with E-state index >= 15 is 0 Å². The molecule has 0 unspecified atom stereocenters. The van der Waals surface area contributed by atoms with Crippen molar-refractivity contribution < 1.29 is 13.8 Å². The number of H-pyrrole nitrogens is 1. The van der Waals surface area contributed by atoms with Crippen molar-refractivity contribution >= 4 is 34.9 Å². The lowest BCUT2D eigenvalue weighted by atomic mass is 10.1. The standard InChI is InChI=1S/C27H23N7O2/c1-16(2)30-27(35)34-14-19-4-3-18(11-20(19)15-34)25-32-23-9-10-36-24(23)26(33-25)31-22-7-5-17(6-8-22)21-12-28-29-13-21/h3-14,16H,15H2,1-2H3,(H2,30,32,33,35)/p+1. The van der Waals surface area contributed by atoms with Crippen LogP contribution in [0.4, 0.5) is 16.3 Å². The number of hydrogen-bond acceptors (Lipinski definition) is 6. The van der Waals surface area contributed by atoms with Crippen LogP contribution in [0.25, 0.3) is 33.6 Å². The lowest BCUT2D eigenvalue weighted by Crippen LogP contribution is -2.36. The summed E-state index contributed by atoms with van der Waals surface area (Å²) in [6.07, 6.45) is 7.13. The van der Waals surface area contributed by atoms with Crippen LogP contribution >= 0.6 is 0 Å². The molecule has 0 radical (unpaired) electrons. The number of anilines is 2. The van der Waals surface area contributed by atoms with E-state index in [9.17, 15) is 4.79 Å². The SMILES string of the molecule is CC(C)NC(=O)[N+]1=Cc2ccc(-c3nc(Nc4ccc(-c5cn[nH]c5)cc4)c4occc4n3)cc2C1. The van der Waals surface area contributed by atoms with Crippen LogP contribution < -0.4 is 10.6 Å². The van der Waals surface area contributed by atoms with Crippen molar-refractivity contribution in [3.05, 3.63) is 78.3 Å². The predicted molar refractivity (Wildman–Crippen MR) is 137 cm³/mol. The molecule has 0 aliphatic carbocycles. The number of fused-ring (bicyclic) bond motifs is 2. The Labute approximate surface area is 206 Å². The summed E-state index contributed by atoms with van der Waals surface area (Å²) >= 11 is 0. The van der Waals surface area contributed by atoms with E-state index in [1.54, 1.807) is 17.0 Å². The maximum absolute atomic E-state index is 12.4. The van der Waals surface area contributed by atoms with Crippen LogP contribution in [0.1, 0.15) is 25.0 Å². The molecule has 1 aliphatic rings. The van der Waals surface area contributed by atoms with Gasteiger partial charge in [-0.15, -0.1) is 0 Å². The predicted octanol–water partition coefficient (Wildman–Crippen LogP) is 5.09. The molecule has 3 N–H and O–H groups in total. The summed E-state index contributed by atoms with van der Waals surface area (Å²) in [7, 11) is 0. The van der Waals surface area contributed by atoms with Crippen LogP contribution in [0, 0.1) is 0 Å². The molecule has 5 aromatic rings. The molecule has 0 atom stereocenters. The Kier molecular flexibility index (Phi) is 5.29. The highest BCUT2D eigenvalue weighted by Crippen LogP contribution is 2.30. The van der Waals surface area contributed by atoms with Crippen molar-refractivity contribution in [2.24, 2.45) is 0 Å². The first-order valence-corrected chi connectivity index (χ1v) is 11.7. The fraction of sp³-hybridized carbons (Fsp3) is 0.148. The van der Waals surface area contributed by atoms with Gasteiger partial charge in [0.15, 0.2) is 17.2 Å². The van der Waals surface area contributed by atoms with Gasteiger partial charge in [0.1, 0.15) is 18.3 Å². The first-order valence-electron chi connectivity index (χ1n) is 11.7. The normalized spacial score (nSPS) is 12.6. The van der Waals surface area contributed by atoms with E-state index in [4.69, 9.17) is 14.4 Å². The second-order valence-corrected chi connectivity index (χ2v) is 8.99. The number of nitrogens with zero attached hydrogens (tertiary/aromatic N) is 4. The Hall–Kier alpha value is -4.79. The van der Waals surface area contributed by atoms with Crippen LogP contribution in [-0.2, 0) is 6.54 Å². The quantitative estimate of drug-likeness (QED) is 0.304. The largest absolute Gasteiger partial charge is 0.491 e. The smallest absolute Gasteiger partial charge is 0.459 e. The van der Waals surface area contributed by atoms with E-state index in [0.29, 0.717) is 29.3 Å². The molecule has 4 heterocycles. The van der Waals surface area contributed by atoms with E-state index in [-0.39, 0.29) is 12.1 Å². The maximum atomic E-state index is 12.4. The van der Waals surface area contributed by atoms with Crippen LogP contribution in [0.15, 0.2) is 71.6 Å². The van der Waals surface area contributed by atoms with E-state index in [1.165, 1.54) is 0 Å². The topological polar surface area (TPSA) is 112 Å². The number of benzene rings is 2. The molecule has 6 rings (SSSR count). The van der Waals surface area contributed by atoms with Gasteiger partial charge in [-0.3, -0.25) is 5.10 Å². The second kappa shape index (κ2) is 8.77. The molecule has 3 aromatic heterocycles. The average Bonchev–Trinajstić information content (AvgIpc) is 3.64. The molecular weight excluding hydrogens is 454 g/mol. The van der Waals surface area contributed by atoms with Crippen LogP contribution in [0.2, 0.25) is 0 Å². The fourth-order valence-electron chi connectivity index (χ4n) is 4.23. The summed E-state index contributed by atoms with van der Waals surface area (Å²) in [5.74, 6) is 1.16. The Morgan fingerprint density at radius 2 is 1.89 bits per heavy atom. The minimum Gasteiger partial charge on any atom is -0.459 e. The molecule has 2 amide bonds. The van der Waals surface area contributed by atoms with E-state index in [0.717, 1.165) is 33.5 Å². The summed E-state index contributed by atoms with van der Waals surface area (Å²) < 4.78 is 7.37. The maximum Gasteiger partial charge on any atom is 0.491 e. The number of carbonyl (C=O) groups excluding carboxylic acids is 1. The van der Waals surface area contributed by atoms with Gasteiger partial charge in [0.2, 0.25) is 0 Å². The van der Waals surface area contributed by atoms with E-state index < -0.39 is 0 Å². The Morgan fingerprint density at radius 1 is 1.06 bits per heavy atom.